The van der Waals surface area contributed by atoms with E-state index in [0.29, 0.717) is 13.1 Å². The molecule has 0 spiro atoms. The molecule has 7 nitrogen and oxygen atoms in total. The van der Waals surface area contributed by atoms with E-state index in [2.05, 4.69) is 24.5 Å². The van der Waals surface area contributed by atoms with Crippen molar-refractivity contribution in [2.75, 3.05) is 13.1 Å². The first-order valence-electron chi connectivity index (χ1n) is 14.1. The normalized spacial score (nSPS) is 12.9. The molecule has 0 bridgehead atoms. The molecule has 3 amide bonds. The molecular weight excluding hydrogens is 466 g/mol. The topological polar surface area (TPSA) is 87.7 Å². The first kappa shape index (κ1) is 32.5. The highest BCUT2D eigenvalue weighted by atomic mass is 16.6. The van der Waals surface area contributed by atoms with Gasteiger partial charge in [-0.2, -0.15) is 0 Å². The van der Waals surface area contributed by atoms with Crippen LogP contribution in [0.3, 0.4) is 0 Å². The predicted octanol–water partition coefficient (Wildman–Crippen LogP) is 6.44. The van der Waals surface area contributed by atoms with Gasteiger partial charge in [0, 0.05) is 13.1 Å². The standard InChI is InChI=1S/C30H51N3O4/c1-8-10-12-13-14-16-22-33(28(35)24(4)32-29(36)37-30(5,6)7)26(25-19-17-23(3)18-20-25)27(34)31-21-15-11-9-2/h17-20,24,26H,8-16,21-22H2,1-7H3,(H,31,34)(H,32,36). The number of hydrogen-bond donors (Lipinski definition) is 2. The predicted molar refractivity (Wildman–Crippen MR) is 150 cm³/mol. The number of carbonyl (C=O) groups excluding carboxylic acids is 3. The molecule has 0 fully saturated rings. The molecule has 0 heterocycles. The van der Waals surface area contributed by atoms with Crippen molar-refractivity contribution >= 4 is 17.9 Å². The molecule has 0 radical (unpaired) electrons. The Morgan fingerprint density at radius 2 is 1.46 bits per heavy atom. The first-order valence-corrected chi connectivity index (χ1v) is 14.1. The summed E-state index contributed by atoms with van der Waals surface area (Å²) >= 11 is 0. The number of alkyl carbamates (subject to hydrolysis) is 1. The fourth-order valence-electron chi connectivity index (χ4n) is 4.13. The number of carbonyl (C=O) groups is 3. The second-order valence-electron chi connectivity index (χ2n) is 11.0. The maximum atomic E-state index is 13.7. The lowest BCUT2D eigenvalue weighted by molar-refractivity contribution is -0.142. The van der Waals surface area contributed by atoms with Crippen LogP contribution in [0.5, 0.6) is 0 Å². The minimum atomic E-state index is -0.837. The van der Waals surface area contributed by atoms with Crippen molar-refractivity contribution in [1.82, 2.24) is 15.5 Å². The quantitative estimate of drug-likeness (QED) is 0.247. The number of unbranched alkanes of at least 4 members (excludes halogenated alkanes) is 7. The molecule has 0 aliphatic rings. The van der Waals surface area contributed by atoms with Gasteiger partial charge in [0.15, 0.2) is 0 Å². The number of nitrogens with one attached hydrogen (secondary N) is 2. The lowest BCUT2D eigenvalue weighted by atomic mass is 10.0. The summed E-state index contributed by atoms with van der Waals surface area (Å²) in [5, 5.41) is 5.72. The summed E-state index contributed by atoms with van der Waals surface area (Å²) < 4.78 is 5.36. The van der Waals surface area contributed by atoms with E-state index < -0.39 is 23.8 Å². The minimum Gasteiger partial charge on any atom is -0.444 e. The Balaban J connectivity index is 3.18. The van der Waals surface area contributed by atoms with Crippen molar-refractivity contribution in [3.8, 4) is 0 Å². The fourth-order valence-corrected chi connectivity index (χ4v) is 4.13. The van der Waals surface area contributed by atoms with E-state index in [9.17, 15) is 14.4 Å². The number of benzene rings is 1. The minimum absolute atomic E-state index is 0.191. The van der Waals surface area contributed by atoms with Crippen LogP contribution in [-0.4, -0.2) is 47.5 Å². The molecule has 37 heavy (non-hydrogen) atoms. The summed E-state index contributed by atoms with van der Waals surface area (Å²) in [6.07, 6.45) is 8.75. The molecule has 1 aromatic rings. The zero-order valence-corrected chi connectivity index (χ0v) is 24.3. The molecule has 0 aromatic heterocycles. The van der Waals surface area contributed by atoms with E-state index in [4.69, 9.17) is 4.74 Å². The number of rotatable bonds is 16. The largest absolute Gasteiger partial charge is 0.444 e. The van der Waals surface area contributed by atoms with Gasteiger partial charge in [-0.25, -0.2) is 4.79 Å². The van der Waals surface area contributed by atoms with Crippen molar-refractivity contribution in [3.63, 3.8) is 0 Å². The van der Waals surface area contributed by atoms with Crippen molar-refractivity contribution in [3.05, 3.63) is 35.4 Å². The molecular formula is C30H51N3O4. The summed E-state index contributed by atoms with van der Waals surface area (Å²) in [7, 11) is 0. The maximum absolute atomic E-state index is 13.7. The molecule has 1 aromatic carbocycles. The number of amides is 3. The van der Waals surface area contributed by atoms with Crippen LogP contribution in [0, 0.1) is 6.92 Å². The average Bonchev–Trinajstić information content (AvgIpc) is 2.82. The van der Waals surface area contributed by atoms with E-state index in [1.807, 2.05) is 31.2 Å². The Bertz CT molecular complexity index is 817. The van der Waals surface area contributed by atoms with E-state index in [1.54, 1.807) is 32.6 Å². The summed E-state index contributed by atoms with van der Waals surface area (Å²) in [6.45, 7) is 14.3. The van der Waals surface area contributed by atoms with Gasteiger partial charge in [0.1, 0.15) is 17.7 Å². The SMILES string of the molecule is CCCCCCCCN(C(=O)C(C)NC(=O)OC(C)(C)C)C(C(=O)NCCCCC)c1ccc(C)cc1. The third kappa shape index (κ3) is 13.0. The van der Waals surface area contributed by atoms with Crippen LogP contribution in [0.1, 0.15) is 116 Å². The van der Waals surface area contributed by atoms with E-state index in [1.165, 1.54) is 19.3 Å². The van der Waals surface area contributed by atoms with Gasteiger partial charge >= 0.3 is 6.09 Å². The van der Waals surface area contributed by atoms with Crippen molar-refractivity contribution in [1.29, 1.82) is 0 Å². The van der Waals surface area contributed by atoms with Gasteiger partial charge in [0.25, 0.3) is 0 Å². The Morgan fingerprint density at radius 3 is 2.05 bits per heavy atom. The Labute approximate surface area is 225 Å². The fraction of sp³-hybridized carbons (Fsp3) is 0.700. The Morgan fingerprint density at radius 1 is 0.892 bits per heavy atom. The maximum Gasteiger partial charge on any atom is 0.408 e. The number of hydrogen-bond acceptors (Lipinski definition) is 4. The highest BCUT2D eigenvalue weighted by molar-refractivity contribution is 5.92. The summed E-state index contributed by atoms with van der Waals surface area (Å²) in [5.41, 5.74) is 1.18. The zero-order valence-electron chi connectivity index (χ0n) is 24.3. The molecule has 2 atom stereocenters. The van der Waals surface area contributed by atoms with Crippen LogP contribution >= 0.6 is 0 Å². The molecule has 210 valence electrons. The number of ether oxygens (including phenoxy) is 1. The molecule has 2 N–H and O–H groups in total. The highest BCUT2D eigenvalue weighted by Crippen LogP contribution is 2.24. The third-order valence-corrected chi connectivity index (χ3v) is 6.17. The molecule has 0 saturated carbocycles. The van der Waals surface area contributed by atoms with Crippen LogP contribution in [0.2, 0.25) is 0 Å². The smallest absolute Gasteiger partial charge is 0.408 e. The van der Waals surface area contributed by atoms with E-state index in [-0.39, 0.29) is 11.8 Å². The van der Waals surface area contributed by atoms with E-state index in [0.717, 1.165) is 49.7 Å². The van der Waals surface area contributed by atoms with Gasteiger partial charge in [-0.3, -0.25) is 9.59 Å². The average molecular weight is 518 g/mol. The Hall–Kier alpha value is -2.57. The lowest BCUT2D eigenvalue weighted by Gasteiger charge is -2.34. The van der Waals surface area contributed by atoms with Gasteiger partial charge in [0.05, 0.1) is 0 Å². The van der Waals surface area contributed by atoms with Crippen LogP contribution in [0.25, 0.3) is 0 Å². The van der Waals surface area contributed by atoms with Gasteiger partial charge in [-0.1, -0.05) is 88.6 Å². The second kappa shape index (κ2) is 17.0. The van der Waals surface area contributed by atoms with Crippen LogP contribution in [0.4, 0.5) is 4.79 Å². The summed E-state index contributed by atoms with van der Waals surface area (Å²) in [5.74, 6) is -0.488. The van der Waals surface area contributed by atoms with E-state index >= 15 is 0 Å². The molecule has 7 heteroatoms. The van der Waals surface area contributed by atoms with Crippen molar-refractivity contribution in [2.45, 2.75) is 124 Å². The number of nitrogens with zero attached hydrogens (tertiary/aromatic N) is 1. The van der Waals surface area contributed by atoms with Gasteiger partial charge in [-0.05, 0) is 53.0 Å². The molecule has 2 unspecified atom stereocenters. The number of aryl methyl sites for hydroxylation is 1. The van der Waals surface area contributed by atoms with Crippen LogP contribution in [0.15, 0.2) is 24.3 Å². The van der Waals surface area contributed by atoms with Gasteiger partial charge in [0.2, 0.25) is 11.8 Å². The van der Waals surface area contributed by atoms with Crippen molar-refractivity contribution in [2.24, 2.45) is 0 Å². The summed E-state index contributed by atoms with van der Waals surface area (Å²) in [4.78, 5) is 41.3. The van der Waals surface area contributed by atoms with Crippen LogP contribution < -0.4 is 10.6 Å². The summed E-state index contributed by atoms with van der Waals surface area (Å²) in [6, 6.07) is 6.15. The Kier molecular flexibility index (Phi) is 14.9. The second-order valence-corrected chi connectivity index (χ2v) is 11.0. The first-order chi connectivity index (χ1) is 17.5. The lowest BCUT2D eigenvalue weighted by Crippen LogP contribution is -2.52. The highest BCUT2D eigenvalue weighted by Gasteiger charge is 2.34. The molecule has 0 saturated heterocycles. The van der Waals surface area contributed by atoms with Gasteiger partial charge < -0.3 is 20.3 Å². The molecule has 1 rings (SSSR count). The van der Waals surface area contributed by atoms with Crippen molar-refractivity contribution < 1.29 is 19.1 Å². The molecule has 0 aliphatic carbocycles. The van der Waals surface area contributed by atoms with Gasteiger partial charge in [-0.15, -0.1) is 0 Å². The molecule has 0 aliphatic heterocycles. The van der Waals surface area contributed by atoms with Crippen LogP contribution in [-0.2, 0) is 14.3 Å². The zero-order chi connectivity index (χ0) is 27.8. The monoisotopic (exact) mass is 517 g/mol. The third-order valence-electron chi connectivity index (χ3n) is 6.17.